The molecule has 2 aromatic rings. The minimum atomic E-state index is -0.104. The summed E-state index contributed by atoms with van der Waals surface area (Å²) in [6.07, 6.45) is 2.78. The fraction of sp³-hybridized carbons (Fsp3) is 0.391. The molecule has 2 aliphatic rings. The molecule has 1 aliphatic carbocycles. The maximum absolute atomic E-state index is 11.6. The minimum absolute atomic E-state index is 0.104. The second kappa shape index (κ2) is 8.56. The zero-order valence-electron chi connectivity index (χ0n) is 16.5. The van der Waals surface area contributed by atoms with Crippen molar-refractivity contribution in [3.05, 3.63) is 63.7 Å². The molecule has 0 bridgehead atoms. The fourth-order valence-corrected chi connectivity index (χ4v) is 4.34. The normalized spacial score (nSPS) is 18.4. The number of likely N-dealkylation sites (tertiary alicyclic amines) is 1. The van der Waals surface area contributed by atoms with E-state index in [1.165, 1.54) is 21.6 Å². The highest BCUT2D eigenvalue weighted by Crippen LogP contribution is 2.33. The van der Waals surface area contributed by atoms with Crippen LogP contribution >= 0.6 is 11.6 Å². The molecule has 0 radical (unpaired) electrons. The summed E-state index contributed by atoms with van der Waals surface area (Å²) in [5, 5.41) is 4.44. The molecule has 0 saturated carbocycles. The van der Waals surface area contributed by atoms with Crippen LogP contribution in [0.4, 0.5) is 0 Å². The lowest BCUT2D eigenvalue weighted by Crippen LogP contribution is -2.33. The van der Waals surface area contributed by atoms with E-state index >= 15 is 0 Å². The summed E-state index contributed by atoms with van der Waals surface area (Å²) in [6, 6.07) is 12.6. The van der Waals surface area contributed by atoms with Crippen LogP contribution in [-0.4, -0.2) is 29.9 Å². The summed E-state index contributed by atoms with van der Waals surface area (Å²) in [7, 11) is 0. The molecule has 1 fully saturated rings. The number of amides is 2. The number of benzene rings is 2. The number of hydrogen-bond acceptors (Lipinski definition) is 4. The summed E-state index contributed by atoms with van der Waals surface area (Å²) in [5.41, 5.74) is 4.92. The largest absolute Gasteiger partial charge is 0.491 e. The summed E-state index contributed by atoms with van der Waals surface area (Å²) < 4.78 is 5.81. The lowest BCUT2D eigenvalue weighted by molar-refractivity contribution is -0.138. The second-order valence-electron chi connectivity index (χ2n) is 7.70. The topological polar surface area (TPSA) is 58.6 Å². The first-order chi connectivity index (χ1) is 14.0. The van der Waals surface area contributed by atoms with Gasteiger partial charge in [0.05, 0.1) is 6.54 Å². The number of nitrogens with zero attached hydrogens (tertiary/aromatic N) is 1. The Balaban J connectivity index is 1.30. The van der Waals surface area contributed by atoms with E-state index in [2.05, 4.69) is 29.6 Å². The quantitative estimate of drug-likeness (QED) is 0.699. The highest BCUT2D eigenvalue weighted by atomic mass is 35.5. The van der Waals surface area contributed by atoms with Crippen LogP contribution in [0.3, 0.4) is 0 Å². The van der Waals surface area contributed by atoms with Gasteiger partial charge in [-0.15, -0.1) is 0 Å². The number of carbonyl (C=O) groups excluding carboxylic acids is 2. The van der Waals surface area contributed by atoms with Gasteiger partial charge in [-0.1, -0.05) is 29.8 Å². The Bertz CT molecular complexity index is 928. The van der Waals surface area contributed by atoms with Crippen molar-refractivity contribution in [2.24, 2.45) is 0 Å². The van der Waals surface area contributed by atoms with E-state index < -0.39 is 0 Å². The molecule has 0 spiro atoms. The molecule has 29 heavy (non-hydrogen) atoms. The van der Waals surface area contributed by atoms with Crippen molar-refractivity contribution in [3.8, 4) is 5.75 Å². The summed E-state index contributed by atoms with van der Waals surface area (Å²) in [5.74, 6) is 0.578. The molecule has 1 N–H and O–H groups in total. The molecule has 152 valence electrons. The van der Waals surface area contributed by atoms with E-state index in [0.29, 0.717) is 32.0 Å². The number of aryl methyl sites for hydroxylation is 2. The molecule has 2 amide bonds. The van der Waals surface area contributed by atoms with E-state index in [9.17, 15) is 9.59 Å². The number of rotatable bonds is 7. The van der Waals surface area contributed by atoms with Crippen molar-refractivity contribution < 1.29 is 14.3 Å². The molecular weight excluding hydrogens is 388 g/mol. The van der Waals surface area contributed by atoms with Gasteiger partial charge >= 0.3 is 0 Å². The van der Waals surface area contributed by atoms with Crippen LogP contribution in [0, 0.1) is 6.92 Å². The molecule has 5 nitrogen and oxygen atoms in total. The van der Waals surface area contributed by atoms with E-state index in [0.717, 1.165) is 35.7 Å². The van der Waals surface area contributed by atoms with Gasteiger partial charge < -0.3 is 10.1 Å². The van der Waals surface area contributed by atoms with Crippen LogP contribution in [0.15, 0.2) is 36.4 Å². The molecule has 1 heterocycles. The Morgan fingerprint density at radius 2 is 1.90 bits per heavy atom. The maximum Gasteiger partial charge on any atom is 0.229 e. The highest BCUT2D eigenvalue weighted by molar-refractivity contribution is 6.30. The van der Waals surface area contributed by atoms with E-state index in [-0.39, 0.29) is 11.8 Å². The number of fused-ring (bicyclic) bond motifs is 1. The summed E-state index contributed by atoms with van der Waals surface area (Å²) in [6.45, 7) is 3.42. The Labute approximate surface area is 176 Å². The van der Waals surface area contributed by atoms with Gasteiger partial charge in [0.25, 0.3) is 0 Å². The van der Waals surface area contributed by atoms with E-state index in [4.69, 9.17) is 16.3 Å². The van der Waals surface area contributed by atoms with Gasteiger partial charge in [0, 0.05) is 30.5 Å². The average molecular weight is 413 g/mol. The van der Waals surface area contributed by atoms with Crippen molar-refractivity contribution >= 4 is 23.4 Å². The van der Waals surface area contributed by atoms with Crippen molar-refractivity contribution in [2.45, 2.75) is 45.2 Å². The van der Waals surface area contributed by atoms with Gasteiger partial charge in [-0.05, 0) is 60.2 Å². The third-order valence-electron chi connectivity index (χ3n) is 5.70. The number of nitrogens with one attached hydrogen (secondary N) is 1. The van der Waals surface area contributed by atoms with Crippen molar-refractivity contribution in [3.63, 3.8) is 0 Å². The van der Waals surface area contributed by atoms with Crippen LogP contribution in [0.25, 0.3) is 0 Å². The minimum Gasteiger partial charge on any atom is -0.491 e. The maximum atomic E-state index is 11.6. The first-order valence-corrected chi connectivity index (χ1v) is 10.5. The predicted molar refractivity (Wildman–Crippen MR) is 112 cm³/mol. The lowest BCUT2D eigenvalue weighted by Gasteiger charge is -2.17. The molecule has 4 rings (SSSR count). The smallest absolute Gasteiger partial charge is 0.229 e. The van der Waals surface area contributed by atoms with Gasteiger partial charge in [-0.3, -0.25) is 14.5 Å². The molecule has 1 unspecified atom stereocenters. The number of carbonyl (C=O) groups is 2. The summed E-state index contributed by atoms with van der Waals surface area (Å²) >= 11 is 6.10. The zero-order valence-corrected chi connectivity index (χ0v) is 17.3. The molecule has 1 aliphatic heterocycles. The van der Waals surface area contributed by atoms with E-state index in [1.54, 1.807) is 0 Å². The monoisotopic (exact) mass is 412 g/mol. The van der Waals surface area contributed by atoms with Crippen LogP contribution in [-0.2, 0) is 22.6 Å². The number of ether oxygens (including phenoxy) is 1. The first kappa shape index (κ1) is 19.9. The Hall–Kier alpha value is -2.37. The molecular formula is C23H25ClN2O3. The highest BCUT2D eigenvalue weighted by Gasteiger charge is 2.28. The lowest BCUT2D eigenvalue weighted by atomic mass is 10.1. The third kappa shape index (κ3) is 4.46. The molecule has 2 aromatic carbocycles. The van der Waals surface area contributed by atoms with Crippen molar-refractivity contribution in [2.75, 3.05) is 13.2 Å². The van der Waals surface area contributed by atoms with Crippen LogP contribution < -0.4 is 10.1 Å². The number of halogens is 1. The van der Waals surface area contributed by atoms with E-state index in [1.807, 2.05) is 19.1 Å². The van der Waals surface area contributed by atoms with Gasteiger partial charge in [-0.25, -0.2) is 0 Å². The van der Waals surface area contributed by atoms with Crippen LogP contribution in [0.2, 0.25) is 5.02 Å². The van der Waals surface area contributed by atoms with Gasteiger partial charge in [-0.2, -0.15) is 0 Å². The fourth-order valence-electron chi connectivity index (χ4n) is 4.14. The number of imide groups is 1. The average Bonchev–Trinajstić information content (AvgIpc) is 3.24. The van der Waals surface area contributed by atoms with Crippen molar-refractivity contribution in [1.82, 2.24) is 10.2 Å². The predicted octanol–water partition coefficient (Wildman–Crippen LogP) is 3.95. The molecule has 6 heteroatoms. The van der Waals surface area contributed by atoms with Crippen LogP contribution in [0.1, 0.15) is 47.6 Å². The van der Waals surface area contributed by atoms with Gasteiger partial charge in [0.15, 0.2) is 0 Å². The SMILES string of the molecule is Cc1cc(CNC2CCc3cc(Cl)ccc32)ccc1OCCN1C(=O)CCC1=O. The second-order valence-corrected chi connectivity index (χ2v) is 8.14. The number of hydrogen-bond donors (Lipinski definition) is 1. The molecule has 1 saturated heterocycles. The van der Waals surface area contributed by atoms with Crippen molar-refractivity contribution in [1.29, 1.82) is 0 Å². The molecule has 0 aromatic heterocycles. The Morgan fingerprint density at radius 1 is 1.10 bits per heavy atom. The third-order valence-corrected chi connectivity index (χ3v) is 5.94. The van der Waals surface area contributed by atoms with Crippen LogP contribution in [0.5, 0.6) is 5.75 Å². The summed E-state index contributed by atoms with van der Waals surface area (Å²) in [4.78, 5) is 24.6. The molecule has 1 atom stereocenters. The standard InChI is InChI=1S/C23H25ClN2O3/c1-15-12-16(14-25-20-6-3-17-13-18(24)4-5-19(17)20)2-7-21(15)29-11-10-26-22(27)8-9-23(26)28/h2,4-5,7,12-13,20,25H,3,6,8-11,14H2,1H3. The van der Waals surface area contributed by atoms with Gasteiger partial charge in [0.2, 0.25) is 11.8 Å². The zero-order chi connectivity index (χ0) is 20.4. The first-order valence-electron chi connectivity index (χ1n) is 10.1. The van der Waals surface area contributed by atoms with Gasteiger partial charge in [0.1, 0.15) is 12.4 Å². The Kier molecular flexibility index (Phi) is 5.88. The Morgan fingerprint density at radius 3 is 2.66 bits per heavy atom.